The van der Waals surface area contributed by atoms with Crippen LogP contribution in [-0.2, 0) is 11.3 Å². The molecule has 5 rings (SSSR count). The number of carbonyl (C=O) groups excluding carboxylic acids is 2. The Morgan fingerprint density at radius 2 is 2.00 bits per heavy atom. The summed E-state index contributed by atoms with van der Waals surface area (Å²) in [5.41, 5.74) is 4.23. The number of H-pyrrole nitrogens is 1. The van der Waals surface area contributed by atoms with Crippen LogP contribution >= 0.6 is 0 Å². The lowest BCUT2D eigenvalue weighted by Crippen LogP contribution is -2.23. The van der Waals surface area contributed by atoms with Gasteiger partial charge in [-0.3, -0.25) is 14.3 Å². The van der Waals surface area contributed by atoms with Gasteiger partial charge in [-0.2, -0.15) is 5.10 Å². The zero-order valence-electron chi connectivity index (χ0n) is 20.9. The minimum atomic E-state index is -0.274. The van der Waals surface area contributed by atoms with Crippen LogP contribution in [0.5, 0.6) is 5.75 Å². The number of rotatable bonds is 9. The molecule has 37 heavy (non-hydrogen) atoms. The molecular formula is C29H29N5O3. The molecule has 0 radical (unpaired) electrons. The molecule has 0 saturated heterocycles. The fourth-order valence-electron chi connectivity index (χ4n) is 4.20. The van der Waals surface area contributed by atoms with E-state index in [1.807, 2.05) is 68.7 Å². The van der Waals surface area contributed by atoms with Crippen LogP contribution in [0.4, 0.5) is 0 Å². The first-order valence-corrected chi connectivity index (χ1v) is 12.2. The Morgan fingerprint density at radius 3 is 2.81 bits per heavy atom. The van der Waals surface area contributed by atoms with Crippen LogP contribution in [0.25, 0.3) is 16.5 Å². The summed E-state index contributed by atoms with van der Waals surface area (Å²) in [4.78, 5) is 31.1. The molecule has 188 valence electrons. The van der Waals surface area contributed by atoms with Gasteiger partial charge in [-0.15, -0.1) is 0 Å². The highest BCUT2D eigenvalue weighted by atomic mass is 16.5. The normalized spacial score (nSPS) is 13.5. The number of hydrogen-bond donors (Lipinski definition) is 2. The van der Waals surface area contributed by atoms with E-state index in [0.717, 1.165) is 28.8 Å². The summed E-state index contributed by atoms with van der Waals surface area (Å²) in [7, 11) is 4.00. The van der Waals surface area contributed by atoms with Crippen LogP contribution in [-0.4, -0.2) is 58.6 Å². The Hall–Kier alpha value is -4.43. The first-order valence-electron chi connectivity index (χ1n) is 12.2. The zero-order chi connectivity index (χ0) is 25.8. The minimum Gasteiger partial charge on any atom is -0.492 e. The topological polar surface area (TPSA) is 92.2 Å². The van der Waals surface area contributed by atoms with Gasteiger partial charge in [0.15, 0.2) is 5.78 Å². The second kappa shape index (κ2) is 10.7. The molecule has 0 spiro atoms. The lowest BCUT2D eigenvalue weighted by atomic mass is 9.98. The van der Waals surface area contributed by atoms with Crippen molar-refractivity contribution in [3.8, 4) is 5.75 Å². The number of benzene rings is 2. The van der Waals surface area contributed by atoms with E-state index in [0.29, 0.717) is 35.7 Å². The average molecular weight is 496 g/mol. The van der Waals surface area contributed by atoms with Crippen molar-refractivity contribution in [2.45, 2.75) is 13.0 Å². The van der Waals surface area contributed by atoms with Gasteiger partial charge in [0.05, 0.1) is 24.0 Å². The number of amides is 1. The third-order valence-electron chi connectivity index (χ3n) is 6.16. The Bertz CT molecular complexity index is 1490. The molecule has 1 aliphatic rings. The first kappa shape index (κ1) is 24.3. The quantitative estimate of drug-likeness (QED) is 0.366. The largest absolute Gasteiger partial charge is 0.492 e. The Kier molecular flexibility index (Phi) is 7.00. The Balaban J connectivity index is 1.31. The van der Waals surface area contributed by atoms with E-state index in [2.05, 4.69) is 20.3 Å². The molecule has 0 unspecified atom stereocenters. The number of allylic oxidation sites excluding steroid dienone is 3. The number of ketones is 1. The summed E-state index contributed by atoms with van der Waals surface area (Å²) in [5.74, 6) is 0.473. The van der Waals surface area contributed by atoms with Crippen molar-refractivity contribution < 1.29 is 14.3 Å². The van der Waals surface area contributed by atoms with Gasteiger partial charge in [-0.1, -0.05) is 42.5 Å². The second-order valence-electron chi connectivity index (χ2n) is 9.26. The summed E-state index contributed by atoms with van der Waals surface area (Å²) in [5, 5.41) is 8.14. The molecule has 0 aliphatic heterocycles. The van der Waals surface area contributed by atoms with Crippen LogP contribution in [0.15, 0.2) is 84.8 Å². The highest BCUT2D eigenvalue weighted by Crippen LogP contribution is 2.31. The van der Waals surface area contributed by atoms with Gasteiger partial charge in [0.2, 0.25) is 0 Å². The molecule has 2 N–H and O–H groups in total. The van der Waals surface area contributed by atoms with Crippen molar-refractivity contribution in [1.82, 2.24) is 25.0 Å². The number of aromatic amines is 1. The zero-order valence-corrected chi connectivity index (χ0v) is 20.9. The number of Topliss-reactive ketones (excluding diaryl/α,β-unsaturated/α-hetero) is 1. The van der Waals surface area contributed by atoms with Crippen LogP contribution in [0.3, 0.4) is 0 Å². The van der Waals surface area contributed by atoms with Crippen molar-refractivity contribution in [3.63, 3.8) is 0 Å². The molecule has 2 aromatic carbocycles. The number of ether oxygens (including phenoxy) is 1. The van der Waals surface area contributed by atoms with Crippen molar-refractivity contribution >= 4 is 28.2 Å². The fourth-order valence-corrected chi connectivity index (χ4v) is 4.20. The SMILES string of the molecule is CN(C)CCOc1cccc2[nH]c(C3=CC(NC(=O)c4cnn(Cc5ccccc5)c4)=CCC3=O)cc12. The number of hydrogen-bond acceptors (Lipinski definition) is 5. The van der Waals surface area contributed by atoms with E-state index in [1.165, 1.54) is 0 Å². The molecule has 1 amide bonds. The summed E-state index contributed by atoms with van der Waals surface area (Å²) in [6.07, 6.45) is 6.92. The molecule has 4 aromatic rings. The lowest BCUT2D eigenvalue weighted by Gasteiger charge is -2.13. The summed E-state index contributed by atoms with van der Waals surface area (Å²) < 4.78 is 7.71. The second-order valence-corrected chi connectivity index (χ2v) is 9.26. The molecular weight excluding hydrogens is 466 g/mol. The number of nitrogens with one attached hydrogen (secondary N) is 2. The summed E-state index contributed by atoms with van der Waals surface area (Å²) in [6, 6.07) is 17.7. The maximum atomic E-state index is 12.9. The van der Waals surface area contributed by atoms with Crippen LogP contribution in [0.1, 0.15) is 28.0 Å². The number of carbonyl (C=O) groups is 2. The number of fused-ring (bicyclic) bond motifs is 1. The highest BCUT2D eigenvalue weighted by molar-refractivity contribution is 6.23. The molecule has 8 heteroatoms. The third-order valence-corrected chi connectivity index (χ3v) is 6.16. The smallest absolute Gasteiger partial charge is 0.258 e. The average Bonchev–Trinajstić information content (AvgIpc) is 3.53. The van der Waals surface area contributed by atoms with E-state index < -0.39 is 0 Å². The molecule has 2 aromatic heterocycles. The summed E-state index contributed by atoms with van der Waals surface area (Å²) >= 11 is 0. The van der Waals surface area contributed by atoms with Gasteiger partial charge in [-0.05, 0) is 43.9 Å². The summed E-state index contributed by atoms with van der Waals surface area (Å²) in [6.45, 7) is 1.95. The highest BCUT2D eigenvalue weighted by Gasteiger charge is 2.20. The molecule has 1 aliphatic carbocycles. The third kappa shape index (κ3) is 5.70. The predicted molar refractivity (Wildman–Crippen MR) is 143 cm³/mol. The van der Waals surface area contributed by atoms with Gasteiger partial charge in [0.1, 0.15) is 12.4 Å². The number of aromatic nitrogens is 3. The van der Waals surface area contributed by atoms with Crippen molar-refractivity contribution in [2.24, 2.45) is 0 Å². The first-order chi connectivity index (χ1) is 18.0. The van der Waals surface area contributed by atoms with Crippen molar-refractivity contribution in [3.05, 3.63) is 102 Å². The van der Waals surface area contributed by atoms with E-state index in [4.69, 9.17) is 4.74 Å². The van der Waals surface area contributed by atoms with Gasteiger partial charge in [-0.25, -0.2) is 0 Å². The maximum Gasteiger partial charge on any atom is 0.258 e. The van der Waals surface area contributed by atoms with Gasteiger partial charge >= 0.3 is 0 Å². The molecule has 8 nitrogen and oxygen atoms in total. The van der Waals surface area contributed by atoms with Gasteiger partial charge in [0, 0.05) is 41.3 Å². The predicted octanol–water partition coefficient (Wildman–Crippen LogP) is 4.02. The van der Waals surface area contributed by atoms with Crippen molar-refractivity contribution in [2.75, 3.05) is 27.2 Å². The van der Waals surface area contributed by atoms with Crippen molar-refractivity contribution in [1.29, 1.82) is 0 Å². The lowest BCUT2D eigenvalue weighted by molar-refractivity contribution is -0.113. The van der Waals surface area contributed by atoms with E-state index in [9.17, 15) is 9.59 Å². The maximum absolute atomic E-state index is 12.9. The van der Waals surface area contributed by atoms with E-state index >= 15 is 0 Å². The van der Waals surface area contributed by atoms with Gasteiger partial charge < -0.3 is 19.9 Å². The molecule has 0 fully saturated rings. The van der Waals surface area contributed by atoms with Crippen LogP contribution in [0.2, 0.25) is 0 Å². The molecule has 0 saturated carbocycles. The Labute approximate surface area is 215 Å². The molecule has 0 atom stereocenters. The van der Waals surface area contributed by atoms with E-state index in [-0.39, 0.29) is 18.1 Å². The fraction of sp³-hybridized carbons (Fsp3) is 0.207. The number of nitrogens with zero attached hydrogens (tertiary/aromatic N) is 3. The molecule has 2 heterocycles. The minimum absolute atomic E-state index is 0.0182. The van der Waals surface area contributed by atoms with Gasteiger partial charge in [0.25, 0.3) is 5.91 Å². The Morgan fingerprint density at radius 1 is 1.16 bits per heavy atom. The monoisotopic (exact) mass is 495 g/mol. The molecule has 0 bridgehead atoms. The van der Waals surface area contributed by atoms with Crippen LogP contribution < -0.4 is 10.1 Å². The van der Waals surface area contributed by atoms with E-state index in [1.54, 1.807) is 29.2 Å². The number of likely N-dealkylation sites (N-methyl/N-ethyl adjacent to an activating group) is 1. The standard InChI is InChI=1S/C29H29N5O3/c1-33(2)13-14-37-28-10-6-9-25-24(28)16-26(32-25)23-15-22(11-12-27(23)35)31-29(36)21-17-30-34(19-21)18-20-7-4-3-5-8-20/h3-11,15-17,19,32H,12-14,18H2,1-2H3,(H,31,36). The van der Waals surface area contributed by atoms with Crippen LogP contribution in [0, 0.1) is 0 Å².